The number of likely N-dealkylation sites (tertiary alicyclic amines) is 1. The molecule has 5 aliphatic heterocycles. The van der Waals surface area contributed by atoms with E-state index in [0.29, 0.717) is 95.1 Å². The van der Waals surface area contributed by atoms with Crippen molar-refractivity contribution in [2.24, 2.45) is 13.0 Å². The van der Waals surface area contributed by atoms with E-state index in [1.807, 2.05) is 34.2 Å². The maximum atomic E-state index is 14.1. The van der Waals surface area contributed by atoms with Crippen LogP contribution in [0.5, 0.6) is 0 Å². The molecule has 17 nitrogen and oxygen atoms in total. The van der Waals surface area contributed by atoms with Crippen molar-refractivity contribution in [1.82, 2.24) is 37.9 Å². The topological polar surface area (TPSA) is 192 Å². The van der Waals surface area contributed by atoms with Gasteiger partial charge in [-0.2, -0.15) is 22.0 Å². The lowest BCUT2D eigenvalue weighted by molar-refractivity contribution is -0.136. The molecule has 2 spiro atoms. The number of amides is 4. The number of imide groups is 1. The maximum Gasteiger partial charge on any atom is 0.329 e. The van der Waals surface area contributed by atoms with Gasteiger partial charge in [-0.05, 0) is 101 Å². The van der Waals surface area contributed by atoms with Gasteiger partial charge in [0.2, 0.25) is 29.6 Å². The van der Waals surface area contributed by atoms with Crippen LogP contribution in [0.1, 0.15) is 120 Å². The van der Waals surface area contributed by atoms with Crippen molar-refractivity contribution in [3.8, 4) is 0 Å². The van der Waals surface area contributed by atoms with Crippen LogP contribution in [0.3, 0.4) is 0 Å². The summed E-state index contributed by atoms with van der Waals surface area (Å²) in [6.07, 6.45) is 13.0. The molecule has 10 rings (SSSR count). The van der Waals surface area contributed by atoms with E-state index in [9.17, 15) is 32.4 Å². The number of hydrogen-bond donors (Lipinski definition) is 2. The minimum atomic E-state index is -3.74. The highest BCUT2D eigenvalue weighted by molar-refractivity contribution is 7.86. The van der Waals surface area contributed by atoms with Gasteiger partial charge in [-0.1, -0.05) is 25.5 Å². The summed E-state index contributed by atoms with van der Waals surface area (Å²) in [6, 6.07) is 5.09. The van der Waals surface area contributed by atoms with Gasteiger partial charge in [0.25, 0.3) is 10.2 Å². The number of carbonyl (C=O) groups excluding carboxylic acids is 4. The number of anilines is 2. The third-order valence-corrected chi connectivity index (χ3v) is 17.4. The summed E-state index contributed by atoms with van der Waals surface area (Å²) in [4.78, 5) is 78.8. The smallest absolute Gasteiger partial charge is 0.329 e. The number of para-hydroxylation sites is 1. The fraction of sp³-hybridized carbons (Fsp3) is 0.659. The fourth-order valence-corrected chi connectivity index (χ4v) is 13.6. The molecule has 4 atom stereocenters. The highest BCUT2D eigenvalue weighted by Gasteiger charge is 2.62. The van der Waals surface area contributed by atoms with Gasteiger partial charge in [0.1, 0.15) is 11.9 Å². The van der Waals surface area contributed by atoms with Crippen LogP contribution in [0.2, 0.25) is 0 Å². The Morgan fingerprint density at radius 2 is 1.74 bits per heavy atom. The van der Waals surface area contributed by atoms with Gasteiger partial charge in [-0.3, -0.25) is 38.5 Å². The number of aromatic nitrogens is 4. The van der Waals surface area contributed by atoms with Crippen LogP contribution in [-0.2, 0) is 48.3 Å². The number of rotatable bonds is 11. The molecule has 4 amide bonds. The summed E-state index contributed by atoms with van der Waals surface area (Å²) < 4.78 is 34.4. The molecule has 7 aliphatic rings. The van der Waals surface area contributed by atoms with Gasteiger partial charge in [0.05, 0.1) is 22.0 Å². The maximum absolute atomic E-state index is 14.1. The summed E-state index contributed by atoms with van der Waals surface area (Å²) in [5, 5.41) is 5.83. The number of aryl methyl sites for hydroxylation is 2. The quantitative estimate of drug-likeness (QED) is 0.214. The largest absolute Gasteiger partial charge is 0.351 e. The van der Waals surface area contributed by atoms with Crippen molar-refractivity contribution < 1.29 is 27.6 Å². The van der Waals surface area contributed by atoms with Crippen LogP contribution in [-0.4, -0.2) is 115 Å². The minimum absolute atomic E-state index is 0.00283. The van der Waals surface area contributed by atoms with E-state index in [2.05, 4.69) is 22.5 Å². The molecule has 1 aromatic carbocycles. The van der Waals surface area contributed by atoms with E-state index >= 15 is 0 Å². The molecule has 332 valence electrons. The highest BCUT2D eigenvalue weighted by Crippen LogP contribution is 2.58. The zero-order chi connectivity index (χ0) is 43.1. The van der Waals surface area contributed by atoms with Crippen LogP contribution < -0.4 is 21.2 Å². The van der Waals surface area contributed by atoms with Gasteiger partial charge >= 0.3 is 5.69 Å². The van der Waals surface area contributed by atoms with Crippen LogP contribution in [0.15, 0.2) is 29.2 Å². The van der Waals surface area contributed by atoms with E-state index in [1.54, 1.807) is 20.2 Å². The molecular weight excluding hydrogens is 813 g/mol. The lowest BCUT2D eigenvalue weighted by Crippen LogP contribution is -2.52. The number of imidazole rings is 1. The molecule has 2 aromatic heterocycles. The minimum Gasteiger partial charge on any atom is -0.351 e. The molecule has 4 saturated heterocycles. The Morgan fingerprint density at radius 1 is 0.935 bits per heavy atom. The summed E-state index contributed by atoms with van der Waals surface area (Å²) in [7, 11) is -2.04. The standard InChI is InChI=1S/C44H58N10O7S/c1-28-8-5-11-32(28)54-38-31(44(19-20-44)40(54)58)26-45-41(48-38)46-30-16-23-50(24-17-30)62(60,61)51-25-21-43(27-51)18-7-22-52(43)36(56)13-4-3-9-29-10-6-12-33-37(29)49(2)42(59)53(33)34-14-15-35(55)47-39(34)57/h6,10,12,26,28,30,32,34H,3-5,7-9,11,13-25,27H2,1-2H3,(H,45,46,48)(H,47,55,57). The Balaban J connectivity index is 0.730. The van der Waals surface area contributed by atoms with Gasteiger partial charge < -0.3 is 10.2 Å². The van der Waals surface area contributed by atoms with Crippen molar-refractivity contribution in [2.45, 2.75) is 139 Å². The monoisotopic (exact) mass is 870 g/mol. The van der Waals surface area contributed by atoms with E-state index in [0.717, 1.165) is 67.4 Å². The van der Waals surface area contributed by atoms with Gasteiger partial charge in [0.15, 0.2) is 0 Å². The summed E-state index contributed by atoms with van der Waals surface area (Å²) in [6.45, 7) is 4.27. The number of carbonyl (C=O) groups is 4. The molecule has 2 saturated carbocycles. The molecule has 0 radical (unpaired) electrons. The van der Waals surface area contributed by atoms with Gasteiger partial charge in [0, 0.05) is 76.5 Å². The molecule has 6 fully saturated rings. The Kier molecular flexibility index (Phi) is 10.4. The first kappa shape index (κ1) is 41.3. The lowest BCUT2D eigenvalue weighted by atomic mass is 9.94. The molecular formula is C44H58N10O7S. The van der Waals surface area contributed by atoms with E-state index in [4.69, 9.17) is 4.98 Å². The predicted octanol–water partition coefficient (Wildman–Crippen LogP) is 3.28. The molecule has 7 heterocycles. The van der Waals surface area contributed by atoms with Crippen molar-refractivity contribution in [2.75, 3.05) is 42.9 Å². The number of hydrogen-bond acceptors (Lipinski definition) is 10. The number of piperidine rings is 2. The van der Waals surface area contributed by atoms with Gasteiger partial charge in [-0.15, -0.1) is 0 Å². The van der Waals surface area contributed by atoms with E-state index in [1.165, 1.54) is 4.57 Å². The first-order valence-electron chi connectivity index (χ1n) is 22.9. The number of benzene rings is 1. The van der Waals surface area contributed by atoms with Crippen LogP contribution >= 0.6 is 0 Å². The van der Waals surface area contributed by atoms with Crippen LogP contribution in [0.25, 0.3) is 11.0 Å². The Morgan fingerprint density at radius 3 is 2.48 bits per heavy atom. The SMILES string of the molecule is CC1CCCC1N1C(=O)C2(CC2)c2cnc(NC3CCN(S(=O)(=O)N4CCC5(CCCN5C(=O)CCCCc5cccc6c5n(C)c(=O)n6C5CCC(=O)NC5=O)C4)CC3)nc21. The van der Waals surface area contributed by atoms with E-state index < -0.39 is 33.1 Å². The molecule has 2 aliphatic carbocycles. The highest BCUT2D eigenvalue weighted by atomic mass is 32.2. The average molecular weight is 871 g/mol. The summed E-state index contributed by atoms with van der Waals surface area (Å²) in [5.41, 5.74) is 2.07. The second-order valence-electron chi connectivity index (χ2n) is 19.1. The van der Waals surface area contributed by atoms with Crippen molar-refractivity contribution in [3.63, 3.8) is 0 Å². The number of nitrogens with zero attached hydrogens (tertiary/aromatic N) is 8. The first-order chi connectivity index (χ1) is 29.8. The zero-order valence-electron chi connectivity index (χ0n) is 35.8. The summed E-state index contributed by atoms with van der Waals surface area (Å²) >= 11 is 0. The number of nitrogens with one attached hydrogen (secondary N) is 2. The molecule has 62 heavy (non-hydrogen) atoms. The zero-order valence-corrected chi connectivity index (χ0v) is 36.6. The molecule has 2 N–H and O–H groups in total. The predicted molar refractivity (Wildman–Crippen MR) is 230 cm³/mol. The molecule has 0 bridgehead atoms. The van der Waals surface area contributed by atoms with Crippen LogP contribution in [0, 0.1) is 5.92 Å². The van der Waals surface area contributed by atoms with Crippen molar-refractivity contribution >= 4 is 56.6 Å². The normalized spacial score (nSPS) is 27.9. The Hall–Kier alpha value is -4.68. The van der Waals surface area contributed by atoms with Crippen molar-refractivity contribution in [1.29, 1.82) is 0 Å². The second kappa shape index (κ2) is 15.5. The van der Waals surface area contributed by atoms with Gasteiger partial charge in [-0.25, -0.2) is 9.78 Å². The number of unbranched alkanes of at least 4 members (excludes halogenated alkanes) is 1. The summed E-state index contributed by atoms with van der Waals surface area (Å²) in [5.74, 6) is 1.12. The Labute approximate surface area is 361 Å². The molecule has 18 heteroatoms. The lowest BCUT2D eigenvalue weighted by Gasteiger charge is -2.37. The molecule has 4 unspecified atom stereocenters. The first-order valence-corrected chi connectivity index (χ1v) is 24.3. The number of fused-ring (bicyclic) bond motifs is 3. The average Bonchev–Trinajstić information content (AvgIpc) is 3.54. The van der Waals surface area contributed by atoms with Crippen molar-refractivity contribution in [3.05, 3.63) is 46.0 Å². The second-order valence-corrected chi connectivity index (χ2v) is 21.0. The fourth-order valence-electron chi connectivity index (χ4n) is 11.9. The molecule has 3 aromatic rings. The Bertz CT molecular complexity index is 2510. The van der Waals surface area contributed by atoms with Crippen LogP contribution in [0.4, 0.5) is 11.8 Å². The van der Waals surface area contributed by atoms with E-state index in [-0.39, 0.29) is 48.3 Å². The third-order valence-electron chi connectivity index (χ3n) is 15.5. The third kappa shape index (κ3) is 6.77.